The van der Waals surface area contributed by atoms with Crippen LogP contribution in [-0.2, 0) is 6.54 Å². The Kier molecular flexibility index (Phi) is 9.99. The molecule has 1 atom stereocenters. The van der Waals surface area contributed by atoms with Crippen molar-refractivity contribution < 1.29 is 4.39 Å². The van der Waals surface area contributed by atoms with Gasteiger partial charge in [-0.3, -0.25) is 0 Å². The van der Waals surface area contributed by atoms with Crippen molar-refractivity contribution >= 4 is 41.3 Å². The number of thiophene rings is 1. The fraction of sp³-hybridized carbons (Fsp3) is 0.389. The van der Waals surface area contributed by atoms with E-state index in [4.69, 9.17) is 0 Å². The van der Waals surface area contributed by atoms with Crippen LogP contribution in [0.25, 0.3) is 0 Å². The summed E-state index contributed by atoms with van der Waals surface area (Å²) in [6.45, 7) is 4.20. The molecule has 138 valence electrons. The van der Waals surface area contributed by atoms with Crippen molar-refractivity contribution in [3.8, 4) is 0 Å². The summed E-state index contributed by atoms with van der Waals surface area (Å²) in [6, 6.07) is 10.9. The van der Waals surface area contributed by atoms with Gasteiger partial charge < -0.3 is 15.5 Å². The summed E-state index contributed by atoms with van der Waals surface area (Å²) in [4.78, 5) is 7.97. The van der Waals surface area contributed by atoms with Gasteiger partial charge in [0.2, 0.25) is 0 Å². The molecule has 0 fully saturated rings. The zero-order valence-electron chi connectivity index (χ0n) is 14.8. The normalized spacial score (nSPS) is 12.6. The predicted molar refractivity (Wildman–Crippen MR) is 115 cm³/mol. The lowest BCUT2D eigenvalue weighted by molar-refractivity contribution is 0.298. The van der Waals surface area contributed by atoms with Gasteiger partial charge >= 0.3 is 0 Å². The molecule has 0 aliphatic rings. The fourth-order valence-corrected chi connectivity index (χ4v) is 3.01. The average Bonchev–Trinajstić information content (AvgIpc) is 3.07. The van der Waals surface area contributed by atoms with E-state index in [-0.39, 0.29) is 35.8 Å². The average molecular weight is 476 g/mol. The van der Waals surface area contributed by atoms with E-state index in [0.717, 1.165) is 18.1 Å². The summed E-state index contributed by atoms with van der Waals surface area (Å²) in [7, 11) is 4.04. The molecule has 2 aromatic rings. The van der Waals surface area contributed by atoms with E-state index in [1.165, 1.54) is 17.0 Å². The van der Waals surface area contributed by atoms with E-state index in [0.29, 0.717) is 13.1 Å². The smallest absolute Gasteiger partial charge is 0.191 e. The van der Waals surface area contributed by atoms with Crippen LogP contribution >= 0.6 is 35.3 Å². The first-order valence-corrected chi connectivity index (χ1v) is 8.94. The second-order valence-corrected chi connectivity index (χ2v) is 6.72. The van der Waals surface area contributed by atoms with Gasteiger partial charge in [0.25, 0.3) is 0 Å². The maximum absolute atomic E-state index is 13.1. The van der Waals surface area contributed by atoms with E-state index in [1.54, 1.807) is 11.3 Å². The van der Waals surface area contributed by atoms with Gasteiger partial charge in [-0.2, -0.15) is 0 Å². The highest BCUT2D eigenvalue weighted by atomic mass is 127. The Bertz CT molecular complexity index is 629. The Morgan fingerprint density at radius 3 is 2.48 bits per heavy atom. The van der Waals surface area contributed by atoms with Crippen molar-refractivity contribution in [3.63, 3.8) is 0 Å². The number of hydrogen-bond donors (Lipinski definition) is 2. The molecule has 1 aromatic heterocycles. The van der Waals surface area contributed by atoms with Gasteiger partial charge in [0.15, 0.2) is 5.96 Å². The van der Waals surface area contributed by atoms with E-state index in [2.05, 4.69) is 32.0 Å². The lowest BCUT2D eigenvalue weighted by Crippen LogP contribution is -2.41. The number of halogens is 2. The molecule has 25 heavy (non-hydrogen) atoms. The maximum Gasteiger partial charge on any atom is 0.191 e. The van der Waals surface area contributed by atoms with Crippen LogP contribution in [0.5, 0.6) is 0 Å². The number of rotatable bonds is 7. The van der Waals surface area contributed by atoms with Gasteiger partial charge in [0.05, 0.1) is 12.6 Å². The van der Waals surface area contributed by atoms with Gasteiger partial charge in [0, 0.05) is 18.0 Å². The molecule has 1 aromatic carbocycles. The number of likely N-dealkylation sites (N-methyl/N-ethyl adjacent to an activating group) is 1. The van der Waals surface area contributed by atoms with E-state index in [1.807, 2.05) is 39.2 Å². The Balaban J connectivity index is 0.00000312. The van der Waals surface area contributed by atoms with Crippen molar-refractivity contribution in [1.82, 2.24) is 15.5 Å². The van der Waals surface area contributed by atoms with E-state index >= 15 is 0 Å². The molecule has 0 spiro atoms. The minimum absolute atomic E-state index is 0. The second kappa shape index (κ2) is 11.4. The van der Waals surface area contributed by atoms with Crippen LogP contribution < -0.4 is 10.6 Å². The van der Waals surface area contributed by atoms with Crippen LogP contribution in [0.15, 0.2) is 46.8 Å². The molecule has 1 unspecified atom stereocenters. The largest absolute Gasteiger partial charge is 0.357 e. The summed E-state index contributed by atoms with van der Waals surface area (Å²) in [5.41, 5.74) is 1.07. The molecule has 0 aliphatic heterocycles. The Hall–Kier alpha value is -1.19. The molecule has 2 N–H and O–H groups in total. The standard InChI is InChI=1S/C18H25FN4S.HI/c1-4-20-18(21-12-16-6-5-11-24-16)22-13-17(23(2)3)14-7-9-15(19)10-8-14;/h5-11,17H,4,12-13H2,1-3H3,(H2,20,21,22);1H. The number of nitrogens with one attached hydrogen (secondary N) is 2. The Labute approximate surface area is 170 Å². The van der Waals surface area contributed by atoms with Crippen molar-refractivity contribution in [2.75, 3.05) is 27.2 Å². The number of benzene rings is 1. The molecule has 7 heteroatoms. The molecule has 0 radical (unpaired) electrons. The molecule has 0 bridgehead atoms. The molecule has 4 nitrogen and oxygen atoms in total. The summed E-state index contributed by atoms with van der Waals surface area (Å²) in [5, 5.41) is 8.71. The monoisotopic (exact) mass is 476 g/mol. The Morgan fingerprint density at radius 2 is 1.92 bits per heavy atom. The third kappa shape index (κ3) is 7.29. The molecule has 0 aliphatic carbocycles. The van der Waals surface area contributed by atoms with Gasteiger partial charge in [-0.15, -0.1) is 35.3 Å². The molecule has 0 amide bonds. The van der Waals surface area contributed by atoms with Crippen LogP contribution in [0.1, 0.15) is 23.4 Å². The number of hydrogen-bond acceptors (Lipinski definition) is 3. The fourth-order valence-electron chi connectivity index (χ4n) is 2.38. The highest BCUT2D eigenvalue weighted by Crippen LogP contribution is 2.17. The van der Waals surface area contributed by atoms with Crippen LogP contribution in [0.4, 0.5) is 4.39 Å². The first kappa shape index (κ1) is 21.9. The number of nitrogens with zero attached hydrogens (tertiary/aromatic N) is 2. The Morgan fingerprint density at radius 1 is 1.20 bits per heavy atom. The molecule has 0 saturated carbocycles. The van der Waals surface area contributed by atoms with Crippen LogP contribution in [0.3, 0.4) is 0 Å². The molecule has 1 heterocycles. The number of guanidine groups is 1. The minimum atomic E-state index is -0.213. The van der Waals surface area contributed by atoms with E-state index < -0.39 is 0 Å². The zero-order chi connectivity index (χ0) is 17.4. The van der Waals surface area contributed by atoms with Crippen LogP contribution in [0.2, 0.25) is 0 Å². The summed E-state index contributed by atoms with van der Waals surface area (Å²) >= 11 is 1.70. The molecular formula is C18H26FIN4S. The first-order valence-electron chi connectivity index (χ1n) is 8.06. The van der Waals surface area contributed by atoms with Crippen LogP contribution in [0, 0.1) is 5.82 Å². The summed E-state index contributed by atoms with van der Waals surface area (Å²) < 4.78 is 13.1. The van der Waals surface area contributed by atoms with Crippen molar-refractivity contribution in [2.24, 2.45) is 4.99 Å². The summed E-state index contributed by atoms with van der Waals surface area (Å²) in [5.74, 6) is 0.579. The van der Waals surface area contributed by atoms with Gasteiger partial charge in [-0.05, 0) is 50.2 Å². The SMILES string of the molecule is CCNC(=NCc1cccs1)NCC(c1ccc(F)cc1)N(C)C.I. The third-order valence-corrected chi connectivity index (χ3v) is 4.52. The van der Waals surface area contributed by atoms with Crippen molar-refractivity contribution in [2.45, 2.75) is 19.5 Å². The predicted octanol–water partition coefficient (Wildman–Crippen LogP) is 3.86. The lowest BCUT2D eigenvalue weighted by atomic mass is 10.1. The highest BCUT2D eigenvalue weighted by Gasteiger charge is 2.14. The minimum Gasteiger partial charge on any atom is -0.357 e. The van der Waals surface area contributed by atoms with Gasteiger partial charge in [0.1, 0.15) is 5.82 Å². The highest BCUT2D eigenvalue weighted by molar-refractivity contribution is 14.0. The molecule has 2 rings (SSSR count). The van der Waals surface area contributed by atoms with Gasteiger partial charge in [-0.25, -0.2) is 9.38 Å². The van der Waals surface area contributed by atoms with E-state index in [9.17, 15) is 4.39 Å². The van der Waals surface area contributed by atoms with Crippen molar-refractivity contribution in [3.05, 3.63) is 58.0 Å². The molecule has 0 saturated heterocycles. The zero-order valence-corrected chi connectivity index (χ0v) is 18.0. The maximum atomic E-state index is 13.1. The van der Waals surface area contributed by atoms with Crippen molar-refractivity contribution in [1.29, 1.82) is 0 Å². The number of aliphatic imine (C=N–C) groups is 1. The second-order valence-electron chi connectivity index (χ2n) is 5.69. The first-order chi connectivity index (χ1) is 11.6. The topological polar surface area (TPSA) is 39.7 Å². The van der Waals surface area contributed by atoms with Crippen LogP contribution in [-0.4, -0.2) is 38.0 Å². The van der Waals surface area contributed by atoms with Gasteiger partial charge in [-0.1, -0.05) is 18.2 Å². The lowest BCUT2D eigenvalue weighted by Gasteiger charge is -2.26. The quantitative estimate of drug-likeness (QED) is 0.362. The third-order valence-electron chi connectivity index (χ3n) is 3.66. The molecular weight excluding hydrogens is 450 g/mol. The summed E-state index contributed by atoms with van der Waals surface area (Å²) in [6.07, 6.45) is 0.